The van der Waals surface area contributed by atoms with Gasteiger partial charge >= 0.3 is 6.18 Å². The number of hydrogen-bond acceptors (Lipinski definition) is 4. The monoisotopic (exact) mass is 353 g/mol. The predicted octanol–water partition coefficient (Wildman–Crippen LogP) is 1.82. The highest BCUT2D eigenvalue weighted by Crippen LogP contribution is 2.32. The Morgan fingerprint density at radius 2 is 1.96 bits per heavy atom. The number of amides is 1. The maximum absolute atomic E-state index is 13.2. The van der Waals surface area contributed by atoms with Crippen LogP contribution >= 0.6 is 0 Å². The third kappa shape index (κ3) is 3.98. The number of rotatable bonds is 3. The molecule has 1 fully saturated rings. The number of halogens is 3. The molecule has 2 heterocycles. The minimum Gasteiger partial charge on any atom is -0.326 e. The topological polar surface area (TPSA) is 77.0 Å². The van der Waals surface area contributed by atoms with Gasteiger partial charge in [-0.05, 0) is 18.4 Å². The number of piperidine rings is 1. The number of alkyl halides is 3. The molecule has 1 saturated heterocycles. The second kappa shape index (κ2) is 6.83. The van der Waals surface area contributed by atoms with Crippen LogP contribution in [0.1, 0.15) is 28.9 Å². The number of hydrogen-bond donors (Lipinski definition) is 1. The summed E-state index contributed by atoms with van der Waals surface area (Å²) >= 11 is 0. The molecule has 134 valence electrons. The van der Waals surface area contributed by atoms with Crippen molar-refractivity contribution in [1.82, 2.24) is 19.9 Å². The van der Waals surface area contributed by atoms with Gasteiger partial charge < -0.3 is 10.6 Å². The van der Waals surface area contributed by atoms with E-state index in [4.69, 9.17) is 5.73 Å². The van der Waals surface area contributed by atoms with Crippen molar-refractivity contribution in [2.45, 2.75) is 37.6 Å². The van der Waals surface area contributed by atoms with Gasteiger partial charge in [-0.15, -0.1) is 5.10 Å². The van der Waals surface area contributed by atoms with Gasteiger partial charge in [0.05, 0.1) is 12.7 Å². The first kappa shape index (κ1) is 17.4. The summed E-state index contributed by atoms with van der Waals surface area (Å²) < 4.78 is 41.1. The fourth-order valence-electron chi connectivity index (χ4n) is 2.96. The molecule has 0 bridgehead atoms. The molecule has 1 aliphatic rings. The van der Waals surface area contributed by atoms with Crippen LogP contribution in [-0.2, 0) is 6.54 Å². The van der Waals surface area contributed by atoms with Crippen molar-refractivity contribution in [2.24, 2.45) is 5.73 Å². The average Bonchev–Trinajstić information content (AvgIpc) is 3.02. The summed E-state index contributed by atoms with van der Waals surface area (Å²) in [4.78, 5) is 13.3. The molecule has 2 atom stereocenters. The lowest BCUT2D eigenvalue weighted by molar-refractivity contribution is -0.184. The van der Waals surface area contributed by atoms with E-state index in [1.54, 1.807) is 0 Å². The SMILES string of the molecule is N[C@@H]1CC[C@@H](C(F)(F)F)N(C(=O)c2cn(Cc3ccccc3)nn2)C1. The van der Waals surface area contributed by atoms with E-state index in [1.807, 2.05) is 30.3 Å². The van der Waals surface area contributed by atoms with Crippen molar-refractivity contribution < 1.29 is 18.0 Å². The molecule has 0 unspecified atom stereocenters. The average molecular weight is 353 g/mol. The highest BCUT2D eigenvalue weighted by atomic mass is 19.4. The molecule has 0 aliphatic carbocycles. The van der Waals surface area contributed by atoms with Crippen LogP contribution in [0.25, 0.3) is 0 Å². The maximum atomic E-state index is 13.2. The van der Waals surface area contributed by atoms with Crippen molar-refractivity contribution in [2.75, 3.05) is 6.54 Å². The molecular formula is C16H18F3N5O. The summed E-state index contributed by atoms with van der Waals surface area (Å²) in [5.74, 6) is -0.795. The van der Waals surface area contributed by atoms with Gasteiger partial charge in [0, 0.05) is 12.6 Å². The molecule has 1 aromatic heterocycles. The first-order valence-corrected chi connectivity index (χ1v) is 7.92. The van der Waals surface area contributed by atoms with Gasteiger partial charge in [0.15, 0.2) is 5.69 Å². The van der Waals surface area contributed by atoms with Gasteiger partial charge in [0.25, 0.3) is 5.91 Å². The fourth-order valence-corrected chi connectivity index (χ4v) is 2.96. The van der Waals surface area contributed by atoms with Gasteiger partial charge in [0.1, 0.15) is 6.04 Å². The molecule has 1 amide bonds. The van der Waals surface area contributed by atoms with Crippen LogP contribution in [0.15, 0.2) is 36.5 Å². The summed E-state index contributed by atoms with van der Waals surface area (Å²) in [6.07, 6.45) is -3.10. The number of nitrogens with two attached hydrogens (primary N) is 1. The lowest BCUT2D eigenvalue weighted by Gasteiger charge is -2.38. The van der Waals surface area contributed by atoms with E-state index in [1.165, 1.54) is 10.9 Å². The van der Waals surface area contributed by atoms with Crippen LogP contribution in [0.2, 0.25) is 0 Å². The van der Waals surface area contributed by atoms with Crippen molar-refractivity contribution in [3.05, 3.63) is 47.8 Å². The lowest BCUT2D eigenvalue weighted by Crippen LogP contribution is -2.56. The first-order chi connectivity index (χ1) is 11.8. The zero-order valence-electron chi connectivity index (χ0n) is 13.4. The molecular weight excluding hydrogens is 335 g/mol. The largest absolute Gasteiger partial charge is 0.408 e. The van der Waals surface area contributed by atoms with Crippen LogP contribution in [0, 0.1) is 0 Å². The Balaban J connectivity index is 1.77. The molecule has 0 radical (unpaired) electrons. The summed E-state index contributed by atoms with van der Waals surface area (Å²) in [7, 11) is 0. The molecule has 3 rings (SSSR count). The first-order valence-electron chi connectivity index (χ1n) is 7.92. The third-order valence-corrected chi connectivity index (χ3v) is 4.20. The minimum absolute atomic E-state index is 0.112. The molecule has 9 heteroatoms. The molecule has 2 N–H and O–H groups in total. The van der Waals surface area contributed by atoms with Crippen LogP contribution in [0.4, 0.5) is 13.2 Å². The highest BCUT2D eigenvalue weighted by Gasteiger charge is 2.48. The van der Waals surface area contributed by atoms with Crippen LogP contribution < -0.4 is 5.73 Å². The Kier molecular flexibility index (Phi) is 4.76. The van der Waals surface area contributed by atoms with E-state index in [9.17, 15) is 18.0 Å². The number of benzene rings is 1. The molecule has 1 aromatic carbocycles. The Labute approximate surface area is 142 Å². The van der Waals surface area contributed by atoms with E-state index in [2.05, 4.69) is 10.3 Å². The van der Waals surface area contributed by atoms with Crippen LogP contribution in [0.3, 0.4) is 0 Å². The van der Waals surface area contributed by atoms with E-state index >= 15 is 0 Å². The number of nitrogens with zero attached hydrogens (tertiary/aromatic N) is 4. The zero-order valence-corrected chi connectivity index (χ0v) is 13.4. The Hall–Kier alpha value is -2.42. The smallest absolute Gasteiger partial charge is 0.326 e. The van der Waals surface area contributed by atoms with Crippen LogP contribution in [-0.4, -0.2) is 50.6 Å². The number of carbonyl (C=O) groups excluding carboxylic acids is 1. The highest BCUT2D eigenvalue weighted by molar-refractivity contribution is 5.92. The Morgan fingerprint density at radius 3 is 2.64 bits per heavy atom. The van der Waals surface area contributed by atoms with Crippen molar-refractivity contribution in [3.8, 4) is 0 Å². The lowest BCUT2D eigenvalue weighted by atomic mass is 9.98. The number of carbonyl (C=O) groups is 1. The number of likely N-dealkylation sites (tertiary alicyclic amines) is 1. The molecule has 0 spiro atoms. The van der Waals surface area contributed by atoms with Gasteiger partial charge in [-0.25, -0.2) is 4.68 Å². The van der Waals surface area contributed by atoms with Gasteiger partial charge in [-0.2, -0.15) is 13.2 Å². The van der Waals surface area contributed by atoms with Gasteiger partial charge in [0.2, 0.25) is 0 Å². The summed E-state index contributed by atoms with van der Waals surface area (Å²) in [6.45, 7) is 0.234. The van der Waals surface area contributed by atoms with E-state index in [-0.39, 0.29) is 25.1 Å². The summed E-state index contributed by atoms with van der Waals surface area (Å²) in [5.41, 5.74) is 6.58. The molecule has 1 aliphatic heterocycles. The second-order valence-electron chi connectivity index (χ2n) is 6.14. The third-order valence-electron chi connectivity index (χ3n) is 4.20. The maximum Gasteiger partial charge on any atom is 0.408 e. The molecule has 2 aromatic rings. The normalized spacial score (nSPS) is 21.4. The Morgan fingerprint density at radius 1 is 1.24 bits per heavy atom. The minimum atomic E-state index is -4.49. The van der Waals surface area contributed by atoms with Crippen molar-refractivity contribution in [3.63, 3.8) is 0 Å². The second-order valence-corrected chi connectivity index (χ2v) is 6.14. The zero-order chi connectivity index (χ0) is 18.0. The standard InChI is InChI=1S/C16H18F3N5O/c17-16(18,19)14-7-6-12(20)9-24(14)15(25)13-10-23(22-21-13)8-11-4-2-1-3-5-11/h1-5,10,12,14H,6-9,20H2/t12-,14+/m1/s1. The van der Waals surface area contributed by atoms with Crippen molar-refractivity contribution >= 4 is 5.91 Å². The predicted molar refractivity (Wildman–Crippen MR) is 83.7 cm³/mol. The Bertz CT molecular complexity index is 731. The quantitative estimate of drug-likeness (QED) is 0.913. The molecule has 6 nitrogen and oxygen atoms in total. The number of aromatic nitrogens is 3. The fraction of sp³-hybridized carbons (Fsp3) is 0.438. The van der Waals surface area contributed by atoms with Gasteiger partial charge in [-0.3, -0.25) is 4.79 Å². The summed E-state index contributed by atoms with van der Waals surface area (Å²) in [5, 5.41) is 7.58. The van der Waals surface area contributed by atoms with Gasteiger partial charge in [-0.1, -0.05) is 35.5 Å². The van der Waals surface area contributed by atoms with E-state index < -0.39 is 24.2 Å². The van der Waals surface area contributed by atoms with E-state index in [0.717, 1.165) is 10.5 Å². The molecule has 25 heavy (non-hydrogen) atoms. The molecule has 0 saturated carbocycles. The van der Waals surface area contributed by atoms with Crippen molar-refractivity contribution in [1.29, 1.82) is 0 Å². The van der Waals surface area contributed by atoms with E-state index in [0.29, 0.717) is 6.54 Å². The van der Waals surface area contributed by atoms with Crippen LogP contribution in [0.5, 0.6) is 0 Å². The summed E-state index contributed by atoms with van der Waals surface area (Å²) in [6, 6.07) is 7.05.